The molecule has 1 aliphatic rings. The minimum atomic E-state index is -0.452. The Balaban J connectivity index is 2.43. The Bertz CT molecular complexity index is 449. The van der Waals surface area contributed by atoms with Gasteiger partial charge in [0.1, 0.15) is 4.87 Å². The fraction of sp³-hybridized carbons (Fsp3) is 0.273. The first-order valence-corrected chi connectivity index (χ1v) is 6.44. The average molecular weight is 299 g/mol. The van der Waals surface area contributed by atoms with Gasteiger partial charge in [-0.3, -0.25) is 4.79 Å². The second-order valence-corrected chi connectivity index (χ2v) is 6.30. The van der Waals surface area contributed by atoms with Gasteiger partial charge in [0.25, 0.3) is 0 Å². The number of carbonyl (C=O) groups excluding carboxylic acids is 1. The number of amides is 1. The fourth-order valence-corrected chi connectivity index (χ4v) is 3.77. The van der Waals surface area contributed by atoms with Crippen LogP contribution in [0.15, 0.2) is 35.4 Å². The van der Waals surface area contributed by atoms with Crippen molar-refractivity contribution >= 4 is 37.6 Å². The predicted molar refractivity (Wildman–Crippen MR) is 70.3 cm³/mol. The number of hydrogen-bond acceptors (Lipinski definition) is 3. The van der Waals surface area contributed by atoms with E-state index in [-0.39, 0.29) is 5.91 Å². The van der Waals surface area contributed by atoms with Gasteiger partial charge < -0.3 is 0 Å². The van der Waals surface area contributed by atoms with Crippen molar-refractivity contribution in [2.24, 2.45) is 5.10 Å². The molecule has 1 aromatic rings. The van der Waals surface area contributed by atoms with E-state index in [1.54, 1.807) is 0 Å². The van der Waals surface area contributed by atoms with Crippen LogP contribution in [0.4, 0.5) is 0 Å². The number of halogens is 1. The maximum atomic E-state index is 11.6. The third-order valence-electron chi connectivity index (χ3n) is 2.47. The van der Waals surface area contributed by atoms with Gasteiger partial charge in [-0.25, -0.2) is 5.01 Å². The summed E-state index contributed by atoms with van der Waals surface area (Å²) < 4.78 is 0.731. The molecule has 1 amide bonds. The summed E-state index contributed by atoms with van der Waals surface area (Å²) in [5.74, 6) is -0.0618. The summed E-state index contributed by atoms with van der Waals surface area (Å²) >= 11 is 4.87. The first kappa shape index (κ1) is 11.7. The minimum absolute atomic E-state index is 0.0618. The molecule has 84 valence electrons. The molecule has 0 bridgehead atoms. The summed E-state index contributed by atoms with van der Waals surface area (Å²) in [7, 11) is 0. The van der Waals surface area contributed by atoms with Crippen molar-refractivity contribution in [1.29, 1.82) is 0 Å². The van der Waals surface area contributed by atoms with Crippen LogP contribution in [-0.2, 0) is 9.67 Å². The fourth-order valence-electron chi connectivity index (χ4n) is 1.70. The molecule has 1 heterocycles. The number of thioether (sulfide) groups is 1. The molecule has 0 saturated heterocycles. The lowest BCUT2D eigenvalue weighted by atomic mass is 10.1. The highest BCUT2D eigenvalue weighted by Crippen LogP contribution is 2.46. The summed E-state index contributed by atoms with van der Waals surface area (Å²) in [4.78, 5) is 11.1. The molecule has 0 N–H and O–H groups in total. The van der Waals surface area contributed by atoms with Crippen LogP contribution in [0.3, 0.4) is 0 Å². The van der Waals surface area contributed by atoms with E-state index in [1.807, 2.05) is 37.3 Å². The summed E-state index contributed by atoms with van der Waals surface area (Å²) in [6, 6.07) is 9.89. The van der Waals surface area contributed by atoms with Crippen LogP contribution in [0.2, 0.25) is 0 Å². The lowest BCUT2D eigenvalue weighted by Gasteiger charge is -2.31. The van der Waals surface area contributed by atoms with Crippen molar-refractivity contribution in [2.75, 3.05) is 0 Å². The molecule has 5 heteroatoms. The topological polar surface area (TPSA) is 32.7 Å². The van der Waals surface area contributed by atoms with Gasteiger partial charge in [-0.1, -0.05) is 42.1 Å². The Morgan fingerprint density at radius 3 is 2.62 bits per heavy atom. The summed E-state index contributed by atoms with van der Waals surface area (Å²) in [5, 5.41) is 5.71. The molecule has 16 heavy (non-hydrogen) atoms. The average Bonchev–Trinajstić information content (AvgIpc) is 2.57. The van der Waals surface area contributed by atoms with E-state index in [0.29, 0.717) is 0 Å². The molecule has 1 unspecified atom stereocenters. The molecule has 0 aromatic heterocycles. The maximum absolute atomic E-state index is 11.6. The smallest absolute Gasteiger partial charge is 0.241 e. The van der Waals surface area contributed by atoms with Crippen molar-refractivity contribution in [1.82, 2.24) is 5.01 Å². The highest BCUT2D eigenvalue weighted by Gasteiger charge is 2.42. The number of hydrazone groups is 1. The van der Waals surface area contributed by atoms with E-state index in [2.05, 4.69) is 21.0 Å². The van der Waals surface area contributed by atoms with E-state index < -0.39 is 4.87 Å². The van der Waals surface area contributed by atoms with Gasteiger partial charge in [-0.05, 0) is 28.4 Å². The van der Waals surface area contributed by atoms with Gasteiger partial charge in [0.2, 0.25) is 5.91 Å². The van der Waals surface area contributed by atoms with Crippen molar-refractivity contribution in [3.8, 4) is 0 Å². The number of rotatable bonds is 1. The first-order chi connectivity index (χ1) is 7.54. The molecule has 3 nitrogen and oxygen atoms in total. The Kier molecular flexibility index (Phi) is 3.08. The first-order valence-electron chi connectivity index (χ1n) is 4.83. The van der Waals surface area contributed by atoms with Crippen LogP contribution in [0.1, 0.15) is 19.4 Å². The SMILES string of the molecule is CC(=O)N1N=C(Br)SC1(C)c1ccccc1. The van der Waals surface area contributed by atoms with Crippen molar-refractivity contribution in [3.05, 3.63) is 35.9 Å². The second-order valence-electron chi connectivity index (χ2n) is 3.63. The summed E-state index contributed by atoms with van der Waals surface area (Å²) in [5.41, 5.74) is 1.06. The van der Waals surface area contributed by atoms with Gasteiger partial charge in [-0.15, -0.1) is 0 Å². The molecular formula is C11H11BrN2OS. The predicted octanol–water partition coefficient (Wildman–Crippen LogP) is 3.12. The normalized spacial score (nSPS) is 24.4. The number of carbonyl (C=O) groups is 1. The Morgan fingerprint density at radius 2 is 2.06 bits per heavy atom. The van der Waals surface area contributed by atoms with Crippen LogP contribution >= 0.6 is 27.7 Å². The molecule has 1 aliphatic heterocycles. The molecule has 0 fully saturated rings. The van der Waals surface area contributed by atoms with Gasteiger partial charge in [0.05, 0.1) is 0 Å². The van der Waals surface area contributed by atoms with Crippen LogP contribution in [0.5, 0.6) is 0 Å². The van der Waals surface area contributed by atoms with Gasteiger partial charge in [-0.2, -0.15) is 5.10 Å². The Hall–Kier alpha value is -0.810. The van der Waals surface area contributed by atoms with Crippen LogP contribution < -0.4 is 0 Å². The maximum Gasteiger partial charge on any atom is 0.241 e. The molecule has 0 aliphatic carbocycles. The van der Waals surface area contributed by atoms with E-state index >= 15 is 0 Å². The lowest BCUT2D eigenvalue weighted by Crippen LogP contribution is -2.37. The quantitative estimate of drug-likeness (QED) is 0.798. The van der Waals surface area contributed by atoms with E-state index in [0.717, 1.165) is 9.52 Å². The van der Waals surface area contributed by atoms with E-state index in [9.17, 15) is 4.79 Å². The zero-order chi connectivity index (χ0) is 11.8. The second kappa shape index (κ2) is 4.22. The largest absolute Gasteiger partial charge is 0.273 e. The summed E-state index contributed by atoms with van der Waals surface area (Å²) in [6.45, 7) is 3.52. The molecule has 1 atom stereocenters. The molecule has 0 saturated carbocycles. The van der Waals surface area contributed by atoms with Crippen LogP contribution in [0.25, 0.3) is 0 Å². The monoisotopic (exact) mass is 298 g/mol. The van der Waals surface area contributed by atoms with Gasteiger partial charge in [0, 0.05) is 6.92 Å². The lowest BCUT2D eigenvalue weighted by molar-refractivity contribution is -0.131. The van der Waals surface area contributed by atoms with E-state index in [1.165, 1.54) is 23.7 Å². The molecule has 0 radical (unpaired) electrons. The zero-order valence-corrected chi connectivity index (χ0v) is 11.4. The number of benzene rings is 1. The minimum Gasteiger partial charge on any atom is -0.273 e. The molecule has 2 rings (SSSR count). The summed E-state index contributed by atoms with van der Waals surface area (Å²) in [6.07, 6.45) is 0. The van der Waals surface area contributed by atoms with Crippen molar-refractivity contribution in [3.63, 3.8) is 0 Å². The van der Waals surface area contributed by atoms with Crippen molar-refractivity contribution < 1.29 is 4.79 Å². The molecular weight excluding hydrogens is 288 g/mol. The Morgan fingerprint density at radius 1 is 1.44 bits per heavy atom. The van der Waals surface area contributed by atoms with Crippen molar-refractivity contribution in [2.45, 2.75) is 18.7 Å². The third kappa shape index (κ3) is 1.89. The van der Waals surface area contributed by atoms with Crippen LogP contribution in [0, 0.1) is 0 Å². The van der Waals surface area contributed by atoms with Crippen LogP contribution in [-0.4, -0.2) is 14.9 Å². The third-order valence-corrected chi connectivity index (χ3v) is 4.17. The highest BCUT2D eigenvalue weighted by molar-refractivity contribution is 9.22. The zero-order valence-electron chi connectivity index (χ0n) is 8.98. The standard InChI is InChI=1S/C11H11BrN2OS/c1-8(15)14-11(2,16-10(12)13-14)9-6-4-3-5-7-9/h3-7H,1-2H3. The highest BCUT2D eigenvalue weighted by atomic mass is 79.9. The number of nitrogens with zero attached hydrogens (tertiary/aromatic N) is 2. The molecule has 1 aromatic carbocycles. The Labute approximate surface area is 107 Å². The van der Waals surface area contributed by atoms with Gasteiger partial charge in [0.15, 0.2) is 3.95 Å². The van der Waals surface area contributed by atoms with Gasteiger partial charge >= 0.3 is 0 Å². The molecule has 0 spiro atoms. The number of hydrogen-bond donors (Lipinski definition) is 0. The van der Waals surface area contributed by atoms with E-state index in [4.69, 9.17) is 0 Å².